The highest BCUT2D eigenvalue weighted by Crippen LogP contribution is 2.45. The van der Waals surface area contributed by atoms with Crippen LogP contribution in [-0.4, -0.2) is 42.9 Å². The van der Waals surface area contributed by atoms with Crippen molar-refractivity contribution >= 4 is 41.1 Å². The van der Waals surface area contributed by atoms with Crippen LogP contribution in [0.4, 0.5) is 0 Å². The highest BCUT2D eigenvalue weighted by atomic mass is 35.5. The molecule has 0 spiro atoms. The highest BCUT2D eigenvalue weighted by molar-refractivity contribution is 7.99. The van der Waals surface area contributed by atoms with E-state index in [-0.39, 0.29) is 18.3 Å². The second-order valence-corrected chi connectivity index (χ2v) is 9.75. The molecule has 1 aliphatic heterocycles. The van der Waals surface area contributed by atoms with Crippen LogP contribution in [-0.2, 0) is 23.9 Å². The quantitative estimate of drug-likeness (QED) is 0.357. The van der Waals surface area contributed by atoms with E-state index in [9.17, 15) is 14.4 Å². The summed E-state index contributed by atoms with van der Waals surface area (Å²) in [7, 11) is 1.28. The fourth-order valence-electron chi connectivity index (χ4n) is 4.39. The van der Waals surface area contributed by atoms with Gasteiger partial charge in [0, 0.05) is 33.7 Å². The van der Waals surface area contributed by atoms with E-state index >= 15 is 0 Å². The first kappa shape index (κ1) is 24.4. The molecule has 2 aliphatic rings. The molecule has 1 aliphatic carbocycles. The summed E-state index contributed by atoms with van der Waals surface area (Å²) in [5.74, 6) is -1.57. The molecule has 0 radical (unpaired) electrons. The second kappa shape index (κ2) is 10.6. The second-order valence-electron chi connectivity index (χ2n) is 7.92. The molecular formula is C24H28ClNO5S. The lowest BCUT2D eigenvalue weighted by atomic mass is 9.69. The van der Waals surface area contributed by atoms with Crippen LogP contribution in [0.1, 0.15) is 38.7 Å². The van der Waals surface area contributed by atoms with Crippen molar-refractivity contribution in [2.24, 2.45) is 11.8 Å². The average molecular weight is 478 g/mol. The molecule has 0 unspecified atom stereocenters. The number of ether oxygens (including phenoxy) is 2. The van der Waals surface area contributed by atoms with Crippen molar-refractivity contribution in [3.63, 3.8) is 0 Å². The number of methoxy groups -OCH3 is 1. The minimum Gasteiger partial charge on any atom is -0.468 e. The van der Waals surface area contributed by atoms with Crippen LogP contribution < -0.4 is 5.32 Å². The van der Waals surface area contributed by atoms with Crippen LogP contribution in [0.3, 0.4) is 0 Å². The number of carbonyl (C=O) groups is 3. The molecule has 32 heavy (non-hydrogen) atoms. The van der Waals surface area contributed by atoms with Crippen molar-refractivity contribution in [3.8, 4) is 0 Å². The Hall–Kier alpha value is -2.25. The Balaban J connectivity index is 2.07. The van der Waals surface area contributed by atoms with E-state index in [2.05, 4.69) is 5.32 Å². The van der Waals surface area contributed by atoms with Crippen LogP contribution in [0, 0.1) is 11.8 Å². The van der Waals surface area contributed by atoms with Gasteiger partial charge >= 0.3 is 11.9 Å². The summed E-state index contributed by atoms with van der Waals surface area (Å²) < 4.78 is 10.5. The van der Waals surface area contributed by atoms with Crippen LogP contribution in [0.15, 0.2) is 46.8 Å². The number of benzene rings is 1. The highest BCUT2D eigenvalue weighted by Gasteiger charge is 2.47. The maximum Gasteiger partial charge on any atom is 0.336 e. The monoisotopic (exact) mass is 477 g/mol. The zero-order valence-electron chi connectivity index (χ0n) is 18.7. The summed E-state index contributed by atoms with van der Waals surface area (Å²) in [6.45, 7) is 5.98. The molecule has 0 amide bonds. The van der Waals surface area contributed by atoms with E-state index in [1.165, 1.54) is 7.11 Å². The number of carbonyl (C=O) groups excluding carboxylic acids is 3. The Kier molecular flexibility index (Phi) is 8.06. The first-order chi connectivity index (χ1) is 15.3. The Morgan fingerprint density at radius 2 is 2.06 bits per heavy atom. The number of halogens is 1. The number of nitrogens with one attached hydrogen (secondary N) is 1. The van der Waals surface area contributed by atoms with Crippen molar-refractivity contribution < 1.29 is 23.9 Å². The minimum atomic E-state index is -0.918. The van der Waals surface area contributed by atoms with Crippen molar-refractivity contribution in [3.05, 3.63) is 57.4 Å². The first-order valence-electron chi connectivity index (χ1n) is 10.6. The summed E-state index contributed by atoms with van der Waals surface area (Å²) in [4.78, 5) is 39.2. The van der Waals surface area contributed by atoms with Gasteiger partial charge in [0.1, 0.15) is 12.5 Å². The lowest BCUT2D eigenvalue weighted by molar-refractivity contribution is -0.151. The molecule has 0 saturated heterocycles. The van der Waals surface area contributed by atoms with Gasteiger partial charge in [0.25, 0.3) is 0 Å². The van der Waals surface area contributed by atoms with Gasteiger partial charge in [-0.1, -0.05) is 37.6 Å². The molecule has 0 aromatic heterocycles. The number of esters is 2. The minimum absolute atomic E-state index is 0.228. The Labute approximate surface area is 197 Å². The number of thioether (sulfide) groups is 1. The molecule has 1 heterocycles. The fraction of sp³-hybridized carbons (Fsp3) is 0.458. The van der Waals surface area contributed by atoms with Gasteiger partial charge in [-0.15, -0.1) is 0 Å². The number of rotatable bonds is 7. The van der Waals surface area contributed by atoms with Gasteiger partial charge in [0.15, 0.2) is 5.78 Å². The van der Waals surface area contributed by atoms with Crippen molar-refractivity contribution in [2.45, 2.75) is 33.1 Å². The normalized spacial score (nSPS) is 22.9. The van der Waals surface area contributed by atoms with Gasteiger partial charge in [-0.3, -0.25) is 9.59 Å². The average Bonchev–Trinajstić information content (AvgIpc) is 2.75. The van der Waals surface area contributed by atoms with Crippen LogP contribution in [0.25, 0.3) is 0 Å². The Morgan fingerprint density at radius 3 is 2.72 bits per heavy atom. The Bertz CT molecular complexity index is 986. The van der Waals surface area contributed by atoms with E-state index in [1.54, 1.807) is 36.9 Å². The molecule has 1 N–H and O–H groups in total. The molecule has 1 aromatic rings. The lowest BCUT2D eigenvalue weighted by Gasteiger charge is -2.38. The van der Waals surface area contributed by atoms with E-state index in [0.717, 1.165) is 11.4 Å². The van der Waals surface area contributed by atoms with Crippen molar-refractivity contribution in [1.29, 1.82) is 0 Å². The predicted octanol–water partition coefficient (Wildman–Crippen LogP) is 4.25. The van der Waals surface area contributed by atoms with Crippen LogP contribution in [0.2, 0.25) is 5.02 Å². The predicted molar refractivity (Wildman–Crippen MR) is 125 cm³/mol. The number of dihydropyridines is 1. The topological polar surface area (TPSA) is 81.7 Å². The molecule has 0 saturated carbocycles. The third-order valence-electron chi connectivity index (χ3n) is 5.81. The summed E-state index contributed by atoms with van der Waals surface area (Å²) >= 11 is 7.94. The standard InChI is InChI=1S/C24H28ClNO5S/c1-5-32-10-9-31-24(29)19-14(3)26-17-11-13(2)18(23(28)30-4)22(27)21(17)20(19)15-7-6-8-16(25)12-15/h6-8,12-13,18,20,26H,5,9-11H2,1-4H3/t13-,18-,20+/m1/s1. The molecule has 8 heteroatoms. The van der Waals surface area contributed by atoms with Crippen molar-refractivity contribution in [2.75, 3.05) is 25.2 Å². The molecule has 0 fully saturated rings. The molecule has 0 bridgehead atoms. The smallest absolute Gasteiger partial charge is 0.336 e. The third kappa shape index (κ3) is 4.89. The van der Waals surface area contributed by atoms with Gasteiger partial charge in [-0.05, 0) is 42.7 Å². The number of hydrogen-bond donors (Lipinski definition) is 1. The largest absolute Gasteiger partial charge is 0.468 e. The van der Waals surface area contributed by atoms with Gasteiger partial charge in [-0.2, -0.15) is 11.8 Å². The molecular weight excluding hydrogens is 450 g/mol. The lowest BCUT2D eigenvalue weighted by Crippen LogP contribution is -2.43. The van der Waals surface area contributed by atoms with Crippen LogP contribution >= 0.6 is 23.4 Å². The summed E-state index contributed by atoms with van der Waals surface area (Å²) in [6, 6.07) is 7.09. The summed E-state index contributed by atoms with van der Waals surface area (Å²) in [5.41, 5.74) is 2.83. The number of hydrogen-bond acceptors (Lipinski definition) is 7. The van der Waals surface area contributed by atoms with Gasteiger partial charge in [0.2, 0.25) is 0 Å². The molecule has 172 valence electrons. The van der Waals surface area contributed by atoms with Gasteiger partial charge in [-0.25, -0.2) is 4.79 Å². The maximum absolute atomic E-state index is 13.6. The number of Topliss-reactive ketones (excluding diaryl/α,β-unsaturated/α-hetero) is 1. The third-order valence-corrected chi connectivity index (χ3v) is 6.91. The molecule has 6 nitrogen and oxygen atoms in total. The van der Waals surface area contributed by atoms with Crippen LogP contribution in [0.5, 0.6) is 0 Å². The number of ketones is 1. The zero-order chi connectivity index (χ0) is 23.4. The van der Waals surface area contributed by atoms with Gasteiger partial charge in [0.05, 0.1) is 12.7 Å². The maximum atomic E-state index is 13.6. The summed E-state index contributed by atoms with van der Waals surface area (Å²) in [5, 5.41) is 3.75. The van der Waals surface area contributed by atoms with E-state index in [0.29, 0.717) is 39.6 Å². The van der Waals surface area contributed by atoms with E-state index in [1.807, 2.05) is 19.9 Å². The zero-order valence-corrected chi connectivity index (χ0v) is 20.3. The molecule has 1 aromatic carbocycles. The summed E-state index contributed by atoms with van der Waals surface area (Å²) in [6.07, 6.45) is 0.491. The molecule has 3 rings (SSSR count). The van der Waals surface area contributed by atoms with E-state index in [4.69, 9.17) is 21.1 Å². The molecule has 3 atom stereocenters. The Morgan fingerprint density at radius 1 is 1.31 bits per heavy atom. The fourth-order valence-corrected chi connectivity index (χ4v) is 5.07. The first-order valence-corrected chi connectivity index (χ1v) is 12.2. The van der Waals surface area contributed by atoms with Crippen molar-refractivity contribution in [1.82, 2.24) is 5.32 Å². The SMILES string of the molecule is CCSCCOC(=O)C1=C(C)NC2=C(C(=O)[C@H](C(=O)OC)[C@H](C)C2)[C@H]1c1cccc(Cl)c1. The number of allylic oxidation sites excluding steroid dienone is 3. The van der Waals surface area contributed by atoms with Gasteiger partial charge < -0.3 is 14.8 Å². The van der Waals surface area contributed by atoms with E-state index < -0.39 is 23.8 Å².